The number of anilines is 4. The van der Waals surface area contributed by atoms with Crippen LogP contribution in [0.3, 0.4) is 0 Å². The van der Waals surface area contributed by atoms with E-state index in [9.17, 15) is 27.8 Å². The minimum atomic E-state index is -0.953. The van der Waals surface area contributed by atoms with E-state index in [-0.39, 0.29) is 11.6 Å². The quantitative estimate of drug-likeness (QED) is 0.0656. The molecule has 4 N–H and O–H groups in total. The number of halogens is 8. The molecule has 0 radical (unpaired) electrons. The number of nitrogens with one attached hydrogen (secondary N) is 2. The fraction of sp³-hybridized carbons (Fsp3) is 0.0417. The predicted molar refractivity (Wildman–Crippen MR) is 483 cm³/mol. The van der Waals surface area contributed by atoms with Gasteiger partial charge in [0.25, 0.3) is 0 Å². The molecule has 12 aromatic carbocycles. The van der Waals surface area contributed by atoms with Crippen LogP contribution in [0.25, 0.3) is 112 Å². The van der Waals surface area contributed by atoms with Crippen molar-refractivity contribution in [2.24, 2.45) is 0 Å². The number of fused-ring (bicyclic) bond motifs is 4. The monoisotopic (exact) mass is 1750 g/mol. The molecule has 20 aromatic rings. The Balaban J connectivity index is 0.000000119. The van der Waals surface area contributed by atoms with Crippen LogP contribution >= 0.6 is 46.4 Å². The number of aryl methyl sites for hydroxylation is 4. The number of phenolic OH excluding ortho intramolecular Hbond substituents is 2. The Hall–Kier alpha value is -15.5. The summed E-state index contributed by atoms with van der Waals surface area (Å²) in [5, 5.41) is 65.0. The number of nitrogens with zero attached hydrogens (tertiary/aromatic N) is 16. The summed E-state index contributed by atoms with van der Waals surface area (Å²) >= 11 is 24.7. The van der Waals surface area contributed by atoms with E-state index in [0.717, 1.165) is 107 Å². The maximum Gasteiger partial charge on any atom is 0.166 e. The molecule has 0 aliphatic rings. The molecule has 126 heavy (non-hydrogen) atoms. The third-order valence-electron chi connectivity index (χ3n) is 19.6. The number of ether oxygens (including phenoxy) is 2. The zero-order valence-electron chi connectivity index (χ0n) is 66.8. The summed E-state index contributed by atoms with van der Waals surface area (Å²) < 4.78 is 71.7. The van der Waals surface area contributed by atoms with Crippen LogP contribution in [0.1, 0.15) is 22.3 Å². The van der Waals surface area contributed by atoms with Gasteiger partial charge in [0.15, 0.2) is 23.2 Å². The molecule has 0 unspecified atom stereocenters. The zero-order chi connectivity index (χ0) is 87.2. The molecule has 22 nitrogen and oxygen atoms in total. The number of aromatic nitrogens is 16. The van der Waals surface area contributed by atoms with E-state index in [1.54, 1.807) is 88.6 Å². The van der Waals surface area contributed by atoms with Crippen LogP contribution in [-0.2, 0) is 0 Å². The first kappa shape index (κ1) is 82.8. The van der Waals surface area contributed by atoms with Crippen molar-refractivity contribution in [1.29, 1.82) is 0 Å². The molecule has 0 fully saturated rings. The molecule has 0 atom stereocenters. The molecular weight excluding hydrogens is 1690 g/mol. The van der Waals surface area contributed by atoms with Crippen LogP contribution in [0.5, 0.6) is 34.5 Å². The summed E-state index contributed by atoms with van der Waals surface area (Å²) in [6.07, 6.45) is 6.85. The summed E-state index contributed by atoms with van der Waals surface area (Å²) in [5.74, 6) is -0.460. The van der Waals surface area contributed by atoms with Crippen molar-refractivity contribution in [3.05, 3.63) is 369 Å². The molecule has 0 saturated carbocycles. The van der Waals surface area contributed by atoms with Crippen LogP contribution < -0.4 is 20.1 Å². The second-order valence-corrected chi connectivity index (χ2v) is 30.8. The Morgan fingerprint density at radius 1 is 0.302 bits per heavy atom. The summed E-state index contributed by atoms with van der Waals surface area (Å²) in [4.78, 5) is 18.9. The van der Waals surface area contributed by atoms with Crippen LogP contribution in [0.15, 0.2) is 304 Å². The van der Waals surface area contributed by atoms with Gasteiger partial charge in [-0.15, -0.1) is 20.4 Å². The van der Waals surface area contributed by atoms with Gasteiger partial charge in [-0.25, -0.2) is 56.2 Å². The van der Waals surface area contributed by atoms with Crippen molar-refractivity contribution in [1.82, 2.24) is 79.9 Å². The largest absolute Gasteiger partial charge is 0.508 e. The number of hydrogen-bond donors (Lipinski definition) is 4. The van der Waals surface area contributed by atoms with E-state index < -0.39 is 23.2 Å². The Morgan fingerprint density at radius 2 is 0.643 bits per heavy atom. The maximum atomic E-state index is 13.7. The summed E-state index contributed by atoms with van der Waals surface area (Å²) in [7, 11) is 0. The van der Waals surface area contributed by atoms with Crippen molar-refractivity contribution >= 4 is 113 Å². The predicted octanol–water partition coefficient (Wildman–Crippen LogP) is 24.8. The minimum absolute atomic E-state index is 0.206. The van der Waals surface area contributed by atoms with Gasteiger partial charge in [-0.1, -0.05) is 91.5 Å². The van der Waals surface area contributed by atoms with Crippen LogP contribution in [0, 0.1) is 51.0 Å². The highest BCUT2D eigenvalue weighted by Gasteiger charge is 2.19. The van der Waals surface area contributed by atoms with Crippen LogP contribution in [0.2, 0.25) is 20.1 Å². The van der Waals surface area contributed by atoms with E-state index in [4.69, 9.17) is 70.8 Å². The average Bonchev–Trinajstić information content (AvgIpc) is 1.45. The van der Waals surface area contributed by atoms with E-state index >= 15 is 0 Å². The van der Waals surface area contributed by atoms with Gasteiger partial charge in [-0.05, 0) is 293 Å². The van der Waals surface area contributed by atoms with Gasteiger partial charge in [0.05, 0.1) is 92.4 Å². The maximum absolute atomic E-state index is 13.7. The highest BCUT2D eigenvalue weighted by molar-refractivity contribution is 6.32. The van der Waals surface area contributed by atoms with Crippen molar-refractivity contribution in [2.45, 2.75) is 27.7 Å². The molecule has 30 heteroatoms. The highest BCUT2D eigenvalue weighted by atomic mass is 35.5. The summed E-state index contributed by atoms with van der Waals surface area (Å²) in [6.45, 7) is 7.92. The molecule has 0 spiro atoms. The van der Waals surface area contributed by atoms with Crippen LogP contribution in [0.4, 0.5) is 40.3 Å². The van der Waals surface area contributed by atoms with E-state index in [1.165, 1.54) is 39.7 Å². The summed E-state index contributed by atoms with van der Waals surface area (Å²) in [5.41, 5.74) is 18.3. The molecular formula is C96H66Cl4F4N18O4. The highest BCUT2D eigenvalue weighted by Crippen LogP contribution is 2.38. The molecule has 0 bridgehead atoms. The van der Waals surface area contributed by atoms with Crippen molar-refractivity contribution in [3.63, 3.8) is 0 Å². The van der Waals surface area contributed by atoms with Crippen molar-refractivity contribution in [2.75, 3.05) is 10.6 Å². The van der Waals surface area contributed by atoms with Gasteiger partial charge >= 0.3 is 0 Å². The molecule has 0 aliphatic carbocycles. The number of pyridine rings is 4. The van der Waals surface area contributed by atoms with E-state index in [0.29, 0.717) is 106 Å². The van der Waals surface area contributed by atoms with Crippen LogP contribution in [-0.4, -0.2) is 90.1 Å². The average molecular weight is 1750 g/mol. The second kappa shape index (κ2) is 36.3. The summed E-state index contributed by atoms with van der Waals surface area (Å²) in [6, 6.07) is 81.5. The number of benzene rings is 12. The topological polar surface area (TPSA) is 257 Å². The Labute approximate surface area is 735 Å². The fourth-order valence-corrected chi connectivity index (χ4v) is 14.9. The molecule has 0 aliphatic heterocycles. The SMILES string of the molecule is Cc1cc(Cl)cc(Nc2cccc3nc(-c4cn(-c5ccc(O)c(F)c5)nn4)ccc23)c1.Cc1cc(Cl)cc(Nc2cccc3nc(-c4cn(-c5ccc(O)cc5)nn4)ccc23)c1.Cc1cc(Cl)cc(Oc2cccc3nc(-c4cn(-c5ccc(F)c(F)c5)nn4)ccc23)c1.Cc1cc(Cl)cc(Oc2cccc3nc(-c4cn(-c5ccc(F)cc5)nn4)ccc23)c1. The molecule has 20 rings (SSSR count). The fourth-order valence-electron chi connectivity index (χ4n) is 13.7. The standard InChI is InChI=1S/C24H15ClF2N4O.C24H17ClFN5O.C24H16ClFN4O.C24H18ClN5O/c1-14-9-15(25)11-17(10-14)32-24-4-2-3-21-18(24)6-8-22(28-21)23-13-31(30-29-23)16-5-7-19(26)20(27)12-16;1-14-9-15(25)11-16(10-14)27-20-3-2-4-21-18(20)6-7-22(28-21)23-13-31(30-29-23)17-5-8-24(32)19(26)12-17;1-15-11-16(25)13-19(12-15)31-24-4-2-3-21-20(24)9-10-22(27-21)23-14-30(29-28-23)18-7-5-17(26)6-8-18;1-15-11-16(25)13-17(12-15)26-21-3-2-4-22-20(21)9-10-23(27-22)24-14-30(29-28-24)18-5-7-19(31)8-6-18/h2-13H,1H3;2-13,27,32H,1H3;2-14H,1H3;2-14,26,31H,1H3. The van der Waals surface area contributed by atoms with E-state index in [2.05, 4.69) is 56.9 Å². The van der Waals surface area contributed by atoms with Gasteiger partial charge < -0.3 is 30.3 Å². The molecule has 8 heterocycles. The first-order chi connectivity index (χ1) is 61.0. The second-order valence-electron chi connectivity index (χ2n) is 29.0. The molecule has 0 saturated heterocycles. The molecule has 0 amide bonds. The number of rotatable bonds is 16. The van der Waals surface area contributed by atoms with Crippen molar-refractivity contribution in [3.8, 4) is 103 Å². The lowest BCUT2D eigenvalue weighted by Crippen LogP contribution is -1.96. The molecule has 620 valence electrons. The number of hydrogen-bond acceptors (Lipinski definition) is 18. The first-order valence-corrected chi connectivity index (χ1v) is 40.3. The number of phenols is 2. The van der Waals surface area contributed by atoms with Crippen molar-refractivity contribution < 1.29 is 37.2 Å². The van der Waals surface area contributed by atoms with Gasteiger partial charge in [0.1, 0.15) is 57.3 Å². The third-order valence-corrected chi connectivity index (χ3v) is 20.4. The lowest BCUT2D eigenvalue weighted by Gasteiger charge is -2.11. The smallest absolute Gasteiger partial charge is 0.166 e. The normalized spacial score (nSPS) is 11.1. The van der Waals surface area contributed by atoms with Gasteiger partial charge in [-0.3, -0.25) is 0 Å². The Kier molecular flexibility index (Phi) is 23.9. The lowest BCUT2D eigenvalue weighted by molar-refractivity contribution is 0.432. The first-order valence-electron chi connectivity index (χ1n) is 38.8. The molecule has 8 aromatic heterocycles. The van der Waals surface area contributed by atoms with Gasteiger partial charge in [0.2, 0.25) is 0 Å². The van der Waals surface area contributed by atoms with Gasteiger partial charge in [0, 0.05) is 76.5 Å². The minimum Gasteiger partial charge on any atom is -0.508 e. The lowest BCUT2D eigenvalue weighted by atomic mass is 10.1. The zero-order valence-corrected chi connectivity index (χ0v) is 69.8. The third kappa shape index (κ3) is 19.4. The Bertz CT molecular complexity index is 6970. The van der Waals surface area contributed by atoms with E-state index in [1.807, 2.05) is 210 Å². The van der Waals surface area contributed by atoms with Gasteiger partial charge in [-0.2, -0.15) is 0 Å². The Morgan fingerprint density at radius 3 is 1.03 bits per heavy atom. The number of aromatic hydroxyl groups is 2.